The van der Waals surface area contributed by atoms with Crippen LogP contribution in [0.1, 0.15) is 23.6 Å². The Balaban J connectivity index is 1.61. The molecule has 3 aromatic rings. The van der Waals surface area contributed by atoms with E-state index >= 15 is 0 Å². The molecule has 1 heterocycles. The fourth-order valence-corrected chi connectivity index (χ4v) is 4.99. The largest absolute Gasteiger partial charge is 0.490 e. The molecule has 174 valence electrons. The number of hydrogen-bond acceptors (Lipinski definition) is 5. The van der Waals surface area contributed by atoms with Crippen LogP contribution in [0.2, 0.25) is 0 Å². The van der Waals surface area contributed by atoms with E-state index in [9.17, 15) is 4.79 Å². The van der Waals surface area contributed by atoms with Gasteiger partial charge in [-0.1, -0.05) is 12.1 Å². The molecule has 0 atom stereocenters. The number of aliphatic imine (C=N–C) groups is 1. The highest BCUT2D eigenvalue weighted by atomic mass is 127. The van der Waals surface area contributed by atoms with E-state index in [4.69, 9.17) is 14.2 Å². The zero-order chi connectivity index (χ0) is 24.2. The van der Waals surface area contributed by atoms with E-state index in [1.54, 1.807) is 6.08 Å². The zero-order valence-electron chi connectivity index (χ0n) is 17.8. The van der Waals surface area contributed by atoms with Crippen molar-refractivity contribution in [2.24, 2.45) is 4.99 Å². The van der Waals surface area contributed by atoms with Gasteiger partial charge in [-0.2, -0.15) is 0 Å². The predicted octanol–water partition coefficient (Wildman–Crippen LogP) is 7.59. The fraction of sp³-hybridized carbons (Fsp3) is 0.120. The van der Waals surface area contributed by atoms with Crippen LogP contribution in [0.3, 0.4) is 0 Å². The van der Waals surface area contributed by atoms with Crippen molar-refractivity contribution in [2.75, 3.05) is 6.61 Å². The van der Waals surface area contributed by atoms with Crippen molar-refractivity contribution < 1.29 is 19.0 Å². The van der Waals surface area contributed by atoms with Crippen molar-refractivity contribution in [1.29, 1.82) is 0 Å². The molecule has 4 rings (SSSR count). The number of ether oxygens (including phenoxy) is 3. The standard InChI is InChI=1S/C25H17BrI3NO4/c1-2-32-22-11-15(9-20(29)23(22)33-13-14-3-6-17(27)7-4-14)10-21-25(31)34-24(30-21)16-5-8-19(28)18(26)12-16/h3-12H,2,13H2,1H3/b21-10-. The van der Waals surface area contributed by atoms with Crippen LogP contribution < -0.4 is 9.47 Å². The van der Waals surface area contributed by atoms with Crippen LogP contribution in [0.4, 0.5) is 0 Å². The summed E-state index contributed by atoms with van der Waals surface area (Å²) in [7, 11) is 0. The Morgan fingerprint density at radius 3 is 2.47 bits per heavy atom. The van der Waals surface area contributed by atoms with Crippen molar-refractivity contribution in [3.8, 4) is 11.5 Å². The number of benzene rings is 3. The van der Waals surface area contributed by atoms with E-state index in [2.05, 4.69) is 88.7 Å². The van der Waals surface area contributed by atoms with Gasteiger partial charge in [-0.05, 0) is 150 Å². The van der Waals surface area contributed by atoms with Crippen molar-refractivity contribution in [3.05, 3.63) is 92.2 Å². The summed E-state index contributed by atoms with van der Waals surface area (Å²) < 4.78 is 21.4. The summed E-state index contributed by atoms with van der Waals surface area (Å²) in [5, 5.41) is 0. The highest BCUT2D eigenvalue weighted by Gasteiger charge is 2.25. The molecule has 0 unspecified atom stereocenters. The minimum Gasteiger partial charge on any atom is -0.490 e. The second-order valence-electron chi connectivity index (χ2n) is 7.14. The van der Waals surface area contributed by atoms with Crippen LogP contribution in [0.25, 0.3) is 6.08 Å². The number of hydrogen-bond donors (Lipinski definition) is 0. The third-order valence-corrected chi connectivity index (χ3v) is 8.58. The average Bonchev–Trinajstić information content (AvgIpc) is 3.16. The molecule has 9 heteroatoms. The average molecular weight is 856 g/mol. The second-order valence-corrected chi connectivity index (χ2v) is 11.6. The van der Waals surface area contributed by atoms with E-state index in [0.29, 0.717) is 24.7 Å². The molecule has 0 saturated carbocycles. The van der Waals surface area contributed by atoms with Crippen LogP contribution in [0, 0.1) is 10.7 Å². The number of cyclic esters (lactones) is 1. The summed E-state index contributed by atoms with van der Waals surface area (Å²) in [6, 6.07) is 17.7. The van der Waals surface area contributed by atoms with E-state index in [-0.39, 0.29) is 11.6 Å². The van der Waals surface area contributed by atoms with Gasteiger partial charge in [0.05, 0.1) is 10.2 Å². The number of carbonyl (C=O) groups excluding carboxylic acids is 1. The highest BCUT2D eigenvalue weighted by molar-refractivity contribution is 14.1. The maximum absolute atomic E-state index is 12.5. The third kappa shape index (κ3) is 6.32. The summed E-state index contributed by atoms with van der Waals surface area (Å²) in [6.45, 7) is 2.84. The Labute approximate surface area is 246 Å². The van der Waals surface area contributed by atoms with Gasteiger partial charge in [-0.25, -0.2) is 9.79 Å². The molecule has 3 aromatic carbocycles. The Kier molecular flexibility index (Phi) is 8.91. The van der Waals surface area contributed by atoms with Crippen LogP contribution in [-0.2, 0) is 16.1 Å². The molecule has 1 aliphatic heterocycles. The van der Waals surface area contributed by atoms with Gasteiger partial charge >= 0.3 is 5.97 Å². The van der Waals surface area contributed by atoms with Crippen molar-refractivity contribution >= 4 is 102 Å². The third-order valence-electron chi connectivity index (χ3n) is 4.72. The Bertz CT molecular complexity index is 1310. The minimum absolute atomic E-state index is 0.232. The summed E-state index contributed by atoms with van der Waals surface area (Å²) in [5.41, 5.74) is 2.81. The lowest BCUT2D eigenvalue weighted by molar-refractivity contribution is -0.129. The lowest BCUT2D eigenvalue weighted by Crippen LogP contribution is -2.05. The van der Waals surface area contributed by atoms with E-state index in [0.717, 1.165) is 28.3 Å². The molecule has 0 aromatic heterocycles. The summed E-state index contributed by atoms with van der Waals surface area (Å²) in [5.74, 6) is 1.08. The maximum Gasteiger partial charge on any atom is 0.363 e. The van der Waals surface area contributed by atoms with Crippen LogP contribution in [0.15, 0.2) is 69.8 Å². The van der Waals surface area contributed by atoms with Gasteiger partial charge in [0.15, 0.2) is 17.2 Å². The molecular formula is C25H17BrI3NO4. The molecule has 0 N–H and O–H groups in total. The van der Waals surface area contributed by atoms with E-state index in [1.165, 1.54) is 3.57 Å². The van der Waals surface area contributed by atoms with Crippen molar-refractivity contribution in [1.82, 2.24) is 0 Å². The molecule has 0 fully saturated rings. The summed E-state index contributed by atoms with van der Waals surface area (Å²) >= 11 is 10.2. The van der Waals surface area contributed by atoms with Gasteiger partial charge in [0.1, 0.15) is 6.61 Å². The van der Waals surface area contributed by atoms with Gasteiger partial charge in [-0.15, -0.1) is 0 Å². The first-order valence-corrected chi connectivity index (χ1v) is 14.2. The molecule has 0 spiro atoms. The van der Waals surface area contributed by atoms with Gasteiger partial charge < -0.3 is 14.2 Å². The molecule has 0 radical (unpaired) electrons. The van der Waals surface area contributed by atoms with Gasteiger partial charge in [0.2, 0.25) is 5.90 Å². The van der Waals surface area contributed by atoms with Gasteiger partial charge in [0.25, 0.3) is 0 Å². The predicted molar refractivity (Wildman–Crippen MR) is 161 cm³/mol. The van der Waals surface area contributed by atoms with Gasteiger partial charge in [0, 0.05) is 17.2 Å². The highest BCUT2D eigenvalue weighted by Crippen LogP contribution is 2.36. The summed E-state index contributed by atoms with van der Waals surface area (Å²) in [4.78, 5) is 16.9. The maximum atomic E-state index is 12.5. The fourth-order valence-electron chi connectivity index (χ4n) is 3.13. The first-order chi connectivity index (χ1) is 16.3. The quantitative estimate of drug-likeness (QED) is 0.140. The molecule has 34 heavy (non-hydrogen) atoms. The van der Waals surface area contributed by atoms with Crippen molar-refractivity contribution in [3.63, 3.8) is 0 Å². The lowest BCUT2D eigenvalue weighted by atomic mass is 10.1. The monoisotopic (exact) mass is 855 g/mol. The molecule has 0 amide bonds. The van der Waals surface area contributed by atoms with Gasteiger partial charge in [-0.3, -0.25) is 0 Å². The molecule has 0 aliphatic carbocycles. The van der Waals surface area contributed by atoms with E-state index in [1.807, 2.05) is 61.5 Å². The zero-order valence-corrected chi connectivity index (χ0v) is 25.8. The number of carbonyl (C=O) groups is 1. The molecule has 0 bridgehead atoms. The topological polar surface area (TPSA) is 57.1 Å². The second kappa shape index (κ2) is 11.7. The Hall–Kier alpha value is -1.19. The van der Waals surface area contributed by atoms with Crippen LogP contribution in [0.5, 0.6) is 11.5 Å². The number of rotatable bonds is 7. The molecule has 1 aliphatic rings. The molecule has 0 saturated heterocycles. The number of nitrogens with zero attached hydrogens (tertiary/aromatic N) is 1. The van der Waals surface area contributed by atoms with Crippen molar-refractivity contribution in [2.45, 2.75) is 13.5 Å². The number of halogens is 4. The smallest absolute Gasteiger partial charge is 0.363 e. The number of esters is 1. The minimum atomic E-state index is -0.489. The SMILES string of the molecule is CCOc1cc(/C=C2\N=C(c3ccc(I)c(Br)c3)OC2=O)cc(I)c1OCc1ccc(I)cc1. The Morgan fingerprint density at radius 2 is 1.76 bits per heavy atom. The first-order valence-electron chi connectivity index (χ1n) is 10.2. The normalized spacial score (nSPS) is 14.2. The lowest BCUT2D eigenvalue weighted by Gasteiger charge is -2.15. The van der Waals surface area contributed by atoms with Crippen LogP contribution in [-0.4, -0.2) is 18.5 Å². The first kappa shape index (κ1) is 25.9. The molecular weight excluding hydrogens is 839 g/mol. The summed E-state index contributed by atoms with van der Waals surface area (Å²) in [6.07, 6.45) is 1.70. The molecule has 5 nitrogen and oxygen atoms in total. The van der Waals surface area contributed by atoms with E-state index < -0.39 is 5.97 Å². The van der Waals surface area contributed by atoms with Crippen LogP contribution >= 0.6 is 83.7 Å². The Morgan fingerprint density at radius 1 is 1.00 bits per heavy atom.